The van der Waals surface area contributed by atoms with E-state index in [1.165, 1.54) is 24.6 Å². The third-order valence-corrected chi connectivity index (χ3v) is 3.52. The smallest absolute Gasteiger partial charge is 0.361 e. The van der Waals surface area contributed by atoms with Crippen molar-refractivity contribution in [3.8, 4) is 0 Å². The Balaban J connectivity index is 1.71. The first-order valence-electron chi connectivity index (χ1n) is 6.12. The van der Waals surface area contributed by atoms with E-state index in [9.17, 15) is 13.2 Å². The molecular formula is C13H16F3NOS. The molecule has 1 aromatic rings. The Morgan fingerprint density at radius 1 is 1.32 bits per heavy atom. The Morgan fingerprint density at radius 3 is 2.79 bits per heavy atom. The molecule has 1 aromatic carbocycles. The zero-order valence-electron chi connectivity index (χ0n) is 10.4. The summed E-state index contributed by atoms with van der Waals surface area (Å²) in [7, 11) is 0. The Morgan fingerprint density at radius 2 is 2.11 bits per heavy atom. The molecule has 0 aliphatic heterocycles. The molecule has 0 saturated heterocycles. The molecule has 0 heterocycles. The molecule has 1 fully saturated rings. The molecule has 2 nitrogen and oxygen atoms in total. The van der Waals surface area contributed by atoms with Crippen molar-refractivity contribution in [1.82, 2.24) is 5.32 Å². The van der Waals surface area contributed by atoms with Crippen molar-refractivity contribution in [3.05, 3.63) is 29.8 Å². The van der Waals surface area contributed by atoms with Gasteiger partial charge in [0.05, 0.1) is 5.94 Å². The number of halogens is 3. The summed E-state index contributed by atoms with van der Waals surface area (Å²) < 4.78 is 40.2. The molecule has 2 rings (SSSR count). The lowest BCUT2D eigenvalue weighted by atomic mass is 10.2. The van der Waals surface area contributed by atoms with Gasteiger partial charge in [0, 0.05) is 17.5 Å². The molecule has 1 saturated carbocycles. The van der Waals surface area contributed by atoms with E-state index in [1.54, 1.807) is 0 Å². The van der Waals surface area contributed by atoms with Gasteiger partial charge in [-0.25, -0.2) is 0 Å². The van der Waals surface area contributed by atoms with Crippen molar-refractivity contribution in [2.45, 2.75) is 36.5 Å². The number of thioether (sulfide) groups is 1. The van der Waals surface area contributed by atoms with E-state index in [4.69, 9.17) is 0 Å². The fourth-order valence-corrected chi connectivity index (χ4v) is 2.27. The molecular weight excluding hydrogens is 275 g/mol. The van der Waals surface area contributed by atoms with E-state index in [0.29, 0.717) is 6.04 Å². The first kappa shape index (κ1) is 14.7. The highest BCUT2D eigenvalue weighted by Gasteiger charge is 2.27. The lowest BCUT2D eigenvalue weighted by molar-refractivity contribution is -0.168. The minimum atomic E-state index is -4.25. The fourth-order valence-electron chi connectivity index (χ4n) is 1.56. The summed E-state index contributed by atoms with van der Waals surface area (Å²) in [6.07, 6.45) is -1.78. The Kier molecular flexibility index (Phi) is 5.13. The number of nitrogens with one attached hydrogen (secondary N) is 1. The minimum absolute atomic E-state index is 0.0129. The van der Waals surface area contributed by atoms with Crippen LogP contribution in [0.3, 0.4) is 0 Å². The minimum Gasteiger partial charge on any atom is -0.361 e. The SMILES string of the molecule is FC(F)(F)COCSc1cccc(CNC2CC2)c1. The highest BCUT2D eigenvalue weighted by Crippen LogP contribution is 2.23. The second kappa shape index (κ2) is 6.63. The van der Waals surface area contributed by atoms with E-state index in [1.807, 2.05) is 24.3 Å². The predicted molar refractivity (Wildman–Crippen MR) is 69.0 cm³/mol. The van der Waals surface area contributed by atoms with Gasteiger partial charge < -0.3 is 10.1 Å². The zero-order chi connectivity index (χ0) is 13.7. The maximum Gasteiger partial charge on any atom is 0.411 e. The van der Waals surface area contributed by atoms with Crippen molar-refractivity contribution in [2.75, 3.05) is 12.5 Å². The summed E-state index contributed by atoms with van der Waals surface area (Å²) in [6, 6.07) is 8.43. The zero-order valence-corrected chi connectivity index (χ0v) is 11.2. The quantitative estimate of drug-likeness (QED) is 0.471. The average Bonchev–Trinajstić information content (AvgIpc) is 3.16. The van der Waals surface area contributed by atoms with E-state index in [-0.39, 0.29) is 5.94 Å². The van der Waals surface area contributed by atoms with Crippen LogP contribution in [0.25, 0.3) is 0 Å². The molecule has 0 amide bonds. The second-order valence-corrected chi connectivity index (χ2v) is 5.52. The highest BCUT2D eigenvalue weighted by atomic mass is 32.2. The van der Waals surface area contributed by atoms with Crippen LogP contribution in [0.4, 0.5) is 13.2 Å². The van der Waals surface area contributed by atoms with Gasteiger partial charge in [-0.05, 0) is 30.5 Å². The topological polar surface area (TPSA) is 21.3 Å². The first-order chi connectivity index (χ1) is 9.03. The van der Waals surface area contributed by atoms with Crippen LogP contribution in [0.15, 0.2) is 29.2 Å². The average molecular weight is 291 g/mol. The molecule has 0 radical (unpaired) electrons. The molecule has 0 unspecified atom stereocenters. The summed E-state index contributed by atoms with van der Waals surface area (Å²) in [5.41, 5.74) is 1.15. The van der Waals surface area contributed by atoms with Gasteiger partial charge in [0.15, 0.2) is 0 Å². The molecule has 1 aliphatic rings. The Labute approximate surface area is 114 Å². The number of hydrogen-bond acceptors (Lipinski definition) is 3. The first-order valence-corrected chi connectivity index (χ1v) is 7.11. The van der Waals surface area contributed by atoms with Gasteiger partial charge in [0.2, 0.25) is 0 Å². The molecule has 19 heavy (non-hydrogen) atoms. The van der Waals surface area contributed by atoms with Crippen LogP contribution in [0.2, 0.25) is 0 Å². The van der Waals surface area contributed by atoms with Crippen molar-refractivity contribution in [2.24, 2.45) is 0 Å². The largest absolute Gasteiger partial charge is 0.411 e. The monoisotopic (exact) mass is 291 g/mol. The van der Waals surface area contributed by atoms with Crippen LogP contribution in [0.5, 0.6) is 0 Å². The highest BCUT2D eigenvalue weighted by molar-refractivity contribution is 7.99. The van der Waals surface area contributed by atoms with Crippen LogP contribution >= 0.6 is 11.8 Å². The van der Waals surface area contributed by atoms with Gasteiger partial charge in [-0.2, -0.15) is 13.2 Å². The molecule has 1 N–H and O–H groups in total. The number of alkyl halides is 3. The van der Waals surface area contributed by atoms with Gasteiger partial charge in [-0.1, -0.05) is 23.9 Å². The van der Waals surface area contributed by atoms with Crippen molar-refractivity contribution < 1.29 is 17.9 Å². The van der Waals surface area contributed by atoms with Crippen molar-refractivity contribution in [1.29, 1.82) is 0 Å². The third kappa shape index (κ3) is 6.31. The van der Waals surface area contributed by atoms with Gasteiger partial charge in [-0.15, -0.1) is 0 Å². The van der Waals surface area contributed by atoms with Crippen LogP contribution in [-0.2, 0) is 11.3 Å². The normalized spacial score (nSPS) is 15.7. The second-order valence-electron chi connectivity index (χ2n) is 4.53. The molecule has 0 aromatic heterocycles. The number of benzene rings is 1. The molecule has 0 bridgehead atoms. The molecule has 0 spiro atoms. The number of hydrogen-bond donors (Lipinski definition) is 1. The van der Waals surface area contributed by atoms with Gasteiger partial charge in [-0.3, -0.25) is 0 Å². The third-order valence-electron chi connectivity index (χ3n) is 2.65. The molecule has 6 heteroatoms. The molecule has 106 valence electrons. The van der Waals surface area contributed by atoms with Crippen LogP contribution < -0.4 is 5.32 Å². The predicted octanol–water partition coefficient (Wildman–Crippen LogP) is 3.57. The van der Waals surface area contributed by atoms with Gasteiger partial charge in [0.1, 0.15) is 6.61 Å². The van der Waals surface area contributed by atoms with Gasteiger partial charge >= 0.3 is 6.18 Å². The van der Waals surface area contributed by atoms with E-state index in [0.717, 1.165) is 17.0 Å². The van der Waals surface area contributed by atoms with Crippen LogP contribution in [-0.4, -0.2) is 24.8 Å². The molecule has 1 aliphatic carbocycles. The number of ether oxygens (including phenoxy) is 1. The van der Waals surface area contributed by atoms with Crippen molar-refractivity contribution in [3.63, 3.8) is 0 Å². The summed E-state index contributed by atoms with van der Waals surface area (Å²) in [4.78, 5) is 0.928. The lowest BCUT2D eigenvalue weighted by Crippen LogP contribution is -2.16. The standard InChI is InChI=1S/C13H16F3NOS/c14-13(15,16)8-18-9-19-12-3-1-2-10(6-12)7-17-11-4-5-11/h1-3,6,11,17H,4-5,7-9H2. The van der Waals surface area contributed by atoms with Crippen molar-refractivity contribution >= 4 is 11.8 Å². The fraction of sp³-hybridized carbons (Fsp3) is 0.538. The van der Waals surface area contributed by atoms with E-state index >= 15 is 0 Å². The van der Waals surface area contributed by atoms with Crippen LogP contribution in [0, 0.1) is 0 Å². The summed E-state index contributed by atoms with van der Waals surface area (Å²) in [5.74, 6) is 0.0129. The molecule has 0 atom stereocenters. The lowest BCUT2D eigenvalue weighted by Gasteiger charge is -2.08. The number of rotatable bonds is 7. The maximum absolute atomic E-state index is 11.9. The summed E-state index contributed by atoms with van der Waals surface area (Å²) >= 11 is 1.28. The van der Waals surface area contributed by atoms with E-state index in [2.05, 4.69) is 10.1 Å². The summed E-state index contributed by atoms with van der Waals surface area (Å²) in [6.45, 7) is -0.384. The van der Waals surface area contributed by atoms with Gasteiger partial charge in [0.25, 0.3) is 0 Å². The Bertz CT molecular complexity index is 407. The van der Waals surface area contributed by atoms with E-state index < -0.39 is 12.8 Å². The maximum atomic E-state index is 11.9. The summed E-state index contributed by atoms with van der Waals surface area (Å²) in [5, 5.41) is 3.40. The van der Waals surface area contributed by atoms with Crippen LogP contribution in [0.1, 0.15) is 18.4 Å². The Hall–Kier alpha value is -0.720.